The minimum Gasteiger partial charge on any atom is -0.452 e. The van der Waals surface area contributed by atoms with Crippen molar-refractivity contribution in [3.63, 3.8) is 0 Å². The van der Waals surface area contributed by atoms with Crippen molar-refractivity contribution in [1.82, 2.24) is 9.62 Å². The molecule has 166 valence electrons. The molecule has 2 aliphatic rings. The first kappa shape index (κ1) is 22.7. The molecule has 3 rings (SSSR count). The second-order valence-electron chi connectivity index (χ2n) is 8.12. The predicted molar refractivity (Wildman–Crippen MR) is 109 cm³/mol. The number of ether oxygens (including phenoxy) is 1. The number of amides is 1. The minimum atomic E-state index is -4.03. The maximum Gasteiger partial charge on any atom is 0.338 e. The number of rotatable bonds is 6. The van der Waals surface area contributed by atoms with Crippen molar-refractivity contribution in [3.8, 4) is 0 Å². The summed E-state index contributed by atoms with van der Waals surface area (Å²) in [5.74, 6) is -1.80. The maximum atomic E-state index is 14.3. The quantitative estimate of drug-likeness (QED) is 0.687. The molecule has 2 fully saturated rings. The summed E-state index contributed by atoms with van der Waals surface area (Å²) in [6, 6.07) is 3.16. The van der Waals surface area contributed by atoms with Gasteiger partial charge in [0.15, 0.2) is 6.61 Å². The fraction of sp³-hybridized carbons (Fsp3) is 0.619. The molecule has 1 aromatic rings. The number of carbonyl (C=O) groups is 2. The van der Waals surface area contributed by atoms with Crippen molar-refractivity contribution in [2.45, 2.75) is 62.8 Å². The molecule has 1 aliphatic carbocycles. The van der Waals surface area contributed by atoms with Crippen LogP contribution in [0.25, 0.3) is 0 Å². The Morgan fingerprint density at radius 2 is 1.83 bits per heavy atom. The molecule has 2 atom stereocenters. The molecule has 0 radical (unpaired) electrons. The van der Waals surface area contributed by atoms with E-state index in [9.17, 15) is 22.4 Å². The molecule has 1 saturated carbocycles. The van der Waals surface area contributed by atoms with Crippen molar-refractivity contribution in [2.24, 2.45) is 5.92 Å². The molecular weight excluding hydrogens is 411 g/mol. The van der Waals surface area contributed by atoms with Gasteiger partial charge in [-0.05, 0) is 49.8 Å². The monoisotopic (exact) mass is 440 g/mol. The van der Waals surface area contributed by atoms with E-state index >= 15 is 0 Å². The standard InChI is InChI=1S/C21H29FN2O5S/c1-15-7-3-4-8-18(15)23-20(25)14-29-21(26)16-9-10-17(22)19(13-16)30(27,28)24-11-5-2-6-12-24/h9-10,13,15,18H,2-8,11-12,14H2,1H3,(H,23,25). The third-order valence-electron chi connectivity index (χ3n) is 5.89. The fourth-order valence-electron chi connectivity index (χ4n) is 4.07. The lowest BCUT2D eigenvalue weighted by Gasteiger charge is -2.29. The summed E-state index contributed by atoms with van der Waals surface area (Å²) in [6.45, 7) is 2.28. The van der Waals surface area contributed by atoms with Crippen LogP contribution in [0.4, 0.5) is 4.39 Å². The molecule has 0 aromatic heterocycles. The SMILES string of the molecule is CC1CCCCC1NC(=O)COC(=O)c1ccc(F)c(S(=O)(=O)N2CCCCC2)c1. The number of carbonyl (C=O) groups excluding carboxylic acids is 2. The highest BCUT2D eigenvalue weighted by Gasteiger charge is 2.30. The van der Waals surface area contributed by atoms with Crippen LogP contribution < -0.4 is 5.32 Å². The summed E-state index contributed by atoms with van der Waals surface area (Å²) in [5, 5.41) is 2.88. The Morgan fingerprint density at radius 3 is 2.53 bits per heavy atom. The van der Waals surface area contributed by atoms with E-state index in [1.165, 1.54) is 4.31 Å². The van der Waals surface area contributed by atoms with E-state index in [4.69, 9.17) is 4.74 Å². The van der Waals surface area contributed by atoms with Gasteiger partial charge in [0.1, 0.15) is 10.7 Å². The highest BCUT2D eigenvalue weighted by Crippen LogP contribution is 2.25. The summed E-state index contributed by atoms with van der Waals surface area (Å²) in [6.07, 6.45) is 6.52. The van der Waals surface area contributed by atoms with E-state index in [1.54, 1.807) is 0 Å². The first-order valence-corrected chi connectivity index (χ1v) is 12.0. The Balaban J connectivity index is 1.63. The van der Waals surface area contributed by atoms with Gasteiger partial charge in [-0.25, -0.2) is 17.6 Å². The molecule has 2 unspecified atom stereocenters. The van der Waals surface area contributed by atoms with Gasteiger partial charge in [0.05, 0.1) is 5.56 Å². The summed E-state index contributed by atoms with van der Waals surface area (Å²) in [4.78, 5) is 23.9. The predicted octanol–water partition coefficient (Wildman–Crippen LogP) is 2.85. The molecule has 7 nitrogen and oxygen atoms in total. The molecule has 9 heteroatoms. The van der Waals surface area contributed by atoms with Crippen LogP contribution in [0, 0.1) is 11.7 Å². The van der Waals surface area contributed by atoms with Crippen LogP contribution in [0.15, 0.2) is 23.1 Å². The van der Waals surface area contributed by atoms with Crippen LogP contribution in [0.1, 0.15) is 62.2 Å². The highest BCUT2D eigenvalue weighted by molar-refractivity contribution is 7.89. The average molecular weight is 441 g/mol. The van der Waals surface area contributed by atoms with Gasteiger partial charge in [-0.3, -0.25) is 4.79 Å². The van der Waals surface area contributed by atoms with Gasteiger partial charge < -0.3 is 10.1 Å². The number of nitrogens with zero attached hydrogens (tertiary/aromatic N) is 1. The third-order valence-corrected chi connectivity index (χ3v) is 7.81. The molecule has 30 heavy (non-hydrogen) atoms. The van der Waals surface area contributed by atoms with Crippen LogP contribution >= 0.6 is 0 Å². The third kappa shape index (κ3) is 5.37. The Labute approximate surface area is 177 Å². The van der Waals surface area contributed by atoms with Crippen LogP contribution in [-0.4, -0.2) is 50.3 Å². The van der Waals surface area contributed by atoms with Gasteiger partial charge in [0.2, 0.25) is 10.0 Å². The second kappa shape index (κ2) is 9.87. The fourth-order valence-corrected chi connectivity index (χ4v) is 5.67. The lowest BCUT2D eigenvalue weighted by Crippen LogP contribution is -2.42. The van der Waals surface area contributed by atoms with E-state index in [2.05, 4.69) is 12.2 Å². The summed E-state index contributed by atoms with van der Waals surface area (Å²) in [7, 11) is -4.03. The van der Waals surface area contributed by atoms with E-state index in [0.717, 1.165) is 63.1 Å². The zero-order valence-corrected chi connectivity index (χ0v) is 18.0. The maximum absolute atomic E-state index is 14.3. The average Bonchev–Trinajstić information content (AvgIpc) is 2.74. The number of esters is 1. The van der Waals surface area contributed by atoms with E-state index < -0.39 is 39.2 Å². The molecule has 1 heterocycles. The Morgan fingerprint density at radius 1 is 1.13 bits per heavy atom. The normalized spacial score (nSPS) is 23.0. The van der Waals surface area contributed by atoms with Crippen molar-refractivity contribution < 1.29 is 27.1 Å². The van der Waals surface area contributed by atoms with Gasteiger partial charge in [-0.2, -0.15) is 4.31 Å². The first-order chi connectivity index (χ1) is 14.3. The number of nitrogens with one attached hydrogen (secondary N) is 1. The van der Waals surface area contributed by atoms with Crippen LogP contribution in [-0.2, 0) is 19.6 Å². The zero-order valence-electron chi connectivity index (χ0n) is 17.2. The number of hydrogen-bond acceptors (Lipinski definition) is 5. The van der Waals surface area contributed by atoms with Crippen molar-refractivity contribution in [3.05, 3.63) is 29.6 Å². The van der Waals surface area contributed by atoms with Gasteiger partial charge in [-0.1, -0.05) is 26.2 Å². The summed E-state index contributed by atoms with van der Waals surface area (Å²) < 4.78 is 46.1. The molecule has 1 amide bonds. The number of sulfonamides is 1. The van der Waals surface area contributed by atoms with Gasteiger partial charge in [-0.15, -0.1) is 0 Å². The number of halogens is 1. The molecular formula is C21H29FN2O5S. The number of piperidine rings is 1. The number of benzene rings is 1. The van der Waals surface area contributed by atoms with Gasteiger partial charge >= 0.3 is 5.97 Å². The van der Waals surface area contributed by atoms with E-state index in [1.807, 2.05) is 0 Å². The topological polar surface area (TPSA) is 92.8 Å². The number of hydrogen-bond donors (Lipinski definition) is 1. The first-order valence-electron chi connectivity index (χ1n) is 10.5. The Hall–Kier alpha value is -2.00. The molecule has 1 aliphatic heterocycles. The molecule has 0 spiro atoms. The summed E-state index contributed by atoms with van der Waals surface area (Å²) >= 11 is 0. The van der Waals surface area contributed by atoms with Crippen molar-refractivity contribution in [1.29, 1.82) is 0 Å². The van der Waals surface area contributed by atoms with Crippen molar-refractivity contribution >= 4 is 21.9 Å². The lowest BCUT2D eigenvalue weighted by molar-refractivity contribution is -0.125. The summed E-state index contributed by atoms with van der Waals surface area (Å²) in [5.41, 5.74) is -0.106. The Bertz CT molecular complexity index is 883. The van der Waals surface area contributed by atoms with Gasteiger partial charge in [0, 0.05) is 19.1 Å². The van der Waals surface area contributed by atoms with E-state index in [-0.39, 0.29) is 11.6 Å². The smallest absolute Gasteiger partial charge is 0.338 e. The van der Waals surface area contributed by atoms with Crippen molar-refractivity contribution in [2.75, 3.05) is 19.7 Å². The van der Waals surface area contributed by atoms with Gasteiger partial charge in [0.25, 0.3) is 5.91 Å². The zero-order chi connectivity index (χ0) is 21.7. The lowest BCUT2D eigenvalue weighted by atomic mass is 9.86. The minimum absolute atomic E-state index is 0.0667. The van der Waals surface area contributed by atoms with Crippen LogP contribution in [0.3, 0.4) is 0 Å². The largest absolute Gasteiger partial charge is 0.452 e. The Kier molecular flexibility index (Phi) is 7.46. The van der Waals surface area contributed by atoms with E-state index in [0.29, 0.717) is 19.0 Å². The molecule has 1 aromatic carbocycles. The molecule has 0 bridgehead atoms. The van der Waals surface area contributed by atoms with Crippen LogP contribution in [0.5, 0.6) is 0 Å². The highest BCUT2D eigenvalue weighted by atomic mass is 32.2. The second-order valence-corrected chi connectivity index (χ2v) is 10.0. The molecule has 1 saturated heterocycles. The molecule has 1 N–H and O–H groups in total. The van der Waals surface area contributed by atoms with Crippen LogP contribution in [0.2, 0.25) is 0 Å².